The molecule has 2 amide bonds. The molecule has 3 rings (SSSR count). The van der Waals surface area contributed by atoms with Gasteiger partial charge in [0, 0.05) is 30.0 Å². The second-order valence-corrected chi connectivity index (χ2v) is 10.6. The number of aryl methyl sites for hydroxylation is 2. The Morgan fingerprint density at radius 1 is 1.29 bits per heavy atom. The lowest BCUT2D eigenvalue weighted by Crippen LogP contribution is -2.44. The molecule has 0 spiro atoms. The van der Waals surface area contributed by atoms with Crippen LogP contribution in [0.4, 0.5) is 0 Å². The topological polar surface area (TPSA) is 95.9 Å². The molecule has 152 valence electrons. The first-order valence-corrected chi connectivity index (χ1v) is 12.1. The summed E-state index contributed by atoms with van der Waals surface area (Å²) in [5.41, 5.74) is 2.78. The molecule has 1 N–H and O–H groups in total. The molecule has 28 heavy (non-hydrogen) atoms. The van der Waals surface area contributed by atoms with E-state index in [0.717, 1.165) is 10.6 Å². The number of benzene rings is 1. The normalized spacial score (nSPS) is 21.5. The number of nitrogens with zero attached hydrogens (tertiary/aromatic N) is 2. The average molecular weight is 424 g/mol. The SMILES string of the molecule is Cc1ccc(SCCNC(=O)C2=NN(C3CCS(=O)(=O)C3)C(=O)CC2)cc1C. The zero-order chi connectivity index (χ0) is 20.3. The minimum Gasteiger partial charge on any atom is -0.350 e. The highest BCUT2D eigenvalue weighted by atomic mass is 32.2. The van der Waals surface area contributed by atoms with Crippen molar-refractivity contribution in [3.63, 3.8) is 0 Å². The molecule has 9 heteroatoms. The number of carbonyl (C=O) groups excluding carboxylic acids is 2. The molecule has 2 heterocycles. The van der Waals surface area contributed by atoms with E-state index >= 15 is 0 Å². The molecule has 0 aromatic heterocycles. The quantitative estimate of drug-likeness (QED) is 0.555. The molecule has 2 aliphatic rings. The van der Waals surface area contributed by atoms with Gasteiger partial charge in [-0.15, -0.1) is 11.8 Å². The fraction of sp³-hybridized carbons (Fsp3) is 0.526. The van der Waals surface area contributed by atoms with Crippen molar-refractivity contribution in [3.8, 4) is 0 Å². The fourth-order valence-electron chi connectivity index (χ4n) is 3.23. The van der Waals surface area contributed by atoms with Crippen molar-refractivity contribution in [3.05, 3.63) is 29.3 Å². The van der Waals surface area contributed by atoms with Crippen LogP contribution in [0.3, 0.4) is 0 Å². The van der Waals surface area contributed by atoms with E-state index in [-0.39, 0.29) is 36.2 Å². The Hall–Kier alpha value is -1.87. The summed E-state index contributed by atoms with van der Waals surface area (Å²) < 4.78 is 23.3. The van der Waals surface area contributed by atoms with Crippen LogP contribution in [0, 0.1) is 13.8 Å². The van der Waals surface area contributed by atoms with E-state index in [0.29, 0.717) is 18.7 Å². The van der Waals surface area contributed by atoms with Gasteiger partial charge < -0.3 is 5.32 Å². The van der Waals surface area contributed by atoms with Crippen molar-refractivity contribution in [2.24, 2.45) is 5.10 Å². The van der Waals surface area contributed by atoms with Crippen LogP contribution < -0.4 is 5.32 Å². The van der Waals surface area contributed by atoms with Gasteiger partial charge in [0.25, 0.3) is 5.91 Å². The molecule has 1 unspecified atom stereocenters. The maximum atomic E-state index is 12.4. The minimum atomic E-state index is -3.12. The average Bonchev–Trinajstić information content (AvgIpc) is 3.01. The molecule has 0 radical (unpaired) electrons. The number of thioether (sulfide) groups is 1. The largest absolute Gasteiger partial charge is 0.350 e. The minimum absolute atomic E-state index is 0.0637. The molecule has 0 bridgehead atoms. The van der Waals surface area contributed by atoms with Crippen molar-refractivity contribution < 1.29 is 18.0 Å². The first-order valence-electron chi connectivity index (χ1n) is 9.33. The first-order chi connectivity index (χ1) is 13.2. The van der Waals surface area contributed by atoms with Crippen LogP contribution in [-0.4, -0.2) is 60.8 Å². The van der Waals surface area contributed by atoms with Gasteiger partial charge in [-0.2, -0.15) is 5.10 Å². The number of hydrogen-bond donors (Lipinski definition) is 1. The van der Waals surface area contributed by atoms with Gasteiger partial charge in [-0.1, -0.05) is 6.07 Å². The van der Waals surface area contributed by atoms with Gasteiger partial charge in [0.15, 0.2) is 9.84 Å². The summed E-state index contributed by atoms with van der Waals surface area (Å²) >= 11 is 1.67. The number of rotatable bonds is 6. The van der Waals surface area contributed by atoms with Gasteiger partial charge in [-0.05, 0) is 43.5 Å². The van der Waals surface area contributed by atoms with Crippen molar-refractivity contribution >= 4 is 39.1 Å². The molecule has 1 aromatic carbocycles. The van der Waals surface area contributed by atoms with E-state index in [4.69, 9.17) is 0 Å². The number of hydrazone groups is 1. The predicted octanol–water partition coefficient (Wildman–Crippen LogP) is 1.68. The van der Waals surface area contributed by atoms with Crippen LogP contribution in [0.15, 0.2) is 28.2 Å². The van der Waals surface area contributed by atoms with Gasteiger partial charge in [-0.3, -0.25) is 9.59 Å². The van der Waals surface area contributed by atoms with E-state index < -0.39 is 15.9 Å². The molecule has 1 saturated heterocycles. The lowest BCUT2D eigenvalue weighted by Gasteiger charge is -2.27. The Bertz CT molecular complexity index is 912. The van der Waals surface area contributed by atoms with Gasteiger partial charge in [0.1, 0.15) is 5.71 Å². The number of hydrogen-bond acceptors (Lipinski definition) is 6. The summed E-state index contributed by atoms with van der Waals surface area (Å²) in [5.74, 6) is 0.200. The fourth-order valence-corrected chi connectivity index (χ4v) is 5.78. The Kier molecular flexibility index (Phi) is 6.44. The third-order valence-electron chi connectivity index (χ3n) is 5.01. The van der Waals surface area contributed by atoms with E-state index in [1.54, 1.807) is 11.8 Å². The standard InChI is InChI=1S/C19H25N3O4S2/c1-13-3-4-16(11-14(13)2)27-9-8-20-19(24)17-5-6-18(23)22(21-17)15-7-10-28(25,26)12-15/h3-4,11,15H,5-10,12H2,1-2H3,(H,20,24). The Balaban J connectivity index is 1.52. The van der Waals surface area contributed by atoms with Crippen LogP contribution in [0.2, 0.25) is 0 Å². The second kappa shape index (κ2) is 8.65. The molecule has 1 atom stereocenters. The highest BCUT2D eigenvalue weighted by Crippen LogP contribution is 2.22. The maximum absolute atomic E-state index is 12.4. The van der Waals surface area contributed by atoms with Crippen LogP contribution in [0.1, 0.15) is 30.4 Å². The van der Waals surface area contributed by atoms with Crippen LogP contribution >= 0.6 is 11.8 Å². The van der Waals surface area contributed by atoms with Crippen molar-refractivity contribution in [1.82, 2.24) is 10.3 Å². The molecular weight excluding hydrogens is 398 g/mol. The Labute approximate surface area is 169 Å². The zero-order valence-electron chi connectivity index (χ0n) is 16.1. The van der Waals surface area contributed by atoms with Gasteiger partial charge >= 0.3 is 0 Å². The molecule has 0 saturated carbocycles. The van der Waals surface area contributed by atoms with Crippen molar-refractivity contribution in [2.75, 3.05) is 23.8 Å². The van der Waals surface area contributed by atoms with E-state index in [1.807, 2.05) is 0 Å². The second-order valence-electron chi connectivity index (χ2n) is 7.19. The summed E-state index contributed by atoms with van der Waals surface area (Å²) in [6.45, 7) is 4.64. The third-order valence-corrected chi connectivity index (χ3v) is 7.76. The highest BCUT2D eigenvalue weighted by Gasteiger charge is 2.37. The van der Waals surface area contributed by atoms with Crippen molar-refractivity contribution in [2.45, 2.75) is 44.0 Å². The Morgan fingerprint density at radius 3 is 2.75 bits per heavy atom. The molecule has 2 aliphatic heterocycles. The summed E-state index contributed by atoms with van der Waals surface area (Å²) in [6.07, 6.45) is 0.838. The lowest BCUT2D eigenvalue weighted by atomic mass is 10.1. The van der Waals surface area contributed by atoms with Crippen LogP contribution in [0.5, 0.6) is 0 Å². The smallest absolute Gasteiger partial charge is 0.267 e. The van der Waals surface area contributed by atoms with Gasteiger partial charge in [-0.25, -0.2) is 13.4 Å². The molecule has 1 aromatic rings. The summed E-state index contributed by atoms with van der Waals surface area (Å²) in [6, 6.07) is 5.83. The number of amides is 2. The van der Waals surface area contributed by atoms with Gasteiger partial charge in [0.05, 0.1) is 17.5 Å². The monoisotopic (exact) mass is 423 g/mol. The van der Waals surface area contributed by atoms with Crippen LogP contribution in [0.25, 0.3) is 0 Å². The predicted molar refractivity (Wildman–Crippen MR) is 110 cm³/mol. The Morgan fingerprint density at radius 2 is 2.07 bits per heavy atom. The van der Waals surface area contributed by atoms with E-state index in [2.05, 4.69) is 42.5 Å². The molecule has 0 aliphatic carbocycles. The lowest BCUT2D eigenvalue weighted by molar-refractivity contribution is -0.133. The first kappa shape index (κ1) is 20.9. The highest BCUT2D eigenvalue weighted by molar-refractivity contribution is 7.99. The van der Waals surface area contributed by atoms with Crippen molar-refractivity contribution in [1.29, 1.82) is 0 Å². The van der Waals surface area contributed by atoms with E-state index in [1.165, 1.54) is 16.1 Å². The molecule has 1 fully saturated rings. The molecule has 7 nitrogen and oxygen atoms in total. The number of carbonyl (C=O) groups is 2. The summed E-state index contributed by atoms with van der Waals surface area (Å²) in [4.78, 5) is 25.7. The van der Waals surface area contributed by atoms with E-state index in [9.17, 15) is 18.0 Å². The summed E-state index contributed by atoms with van der Waals surface area (Å²) in [5, 5.41) is 8.24. The maximum Gasteiger partial charge on any atom is 0.267 e. The zero-order valence-corrected chi connectivity index (χ0v) is 17.7. The van der Waals surface area contributed by atoms with Crippen LogP contribution in [-0.2, 0) is 19.4 Å². The number of sulfone groups is 1. The molecular formula is C19H25N3O4S2. The van der Waals surface area contributed by atoms with Gasteiger partial charge in [0.2, 0.25) is 5.91 Å². The summed E-state index contributed by atoms with van der Waals surface area (Å²) in [7, 11) is -3.12. The number of nitrogens with one attached hydrogen (secondary N) is 1. The third kappa shape index (κ3) is 5.14.